The second kappa shape index (κ2) is 7.19. The molecule has 0 aromatic heterocycles. The fourth-order valence-electron chi connectivity index (χ4n) is 1.83. The van der Waals surface area contributed by atoms with Crippen LogP contribution in [0.15, 0.2) is 36.4 Å². The van der Waals surface area contributed by atoms with Gasteiger partial charge >= 0.3 is 0 Å². The van der Waals surface area contributed by atoms with Crippen molar-refractivity contribution in [1.29, 1.82) is 0 Å². The lowest BCUT2D eigenvalue weighted by Gasteiger charge is -2.12. The lowest BCUT2D eigenvalue weighted by molar-refractivity contribution is 0.303. The number of nitrogens with two attached hydrogens (primary N) is 1. The summed E-state index contributed by atoms with van der Waals surface area (Å²) in [5.41, 5.74) is 7.54. The highest BCUT2D eigenvalue weighted by atomic mass is 35.5. The lowest BCUT2D eigenvalue weighted by atomic mass is 10.1. The van der Waals surface area contributed by atoms with Gasteiger partial charge in [0.05, 0.1) is 10.0 Å². The smallest absolute Gasteiger partial charge is 0.123 e. The van der Waals surface area contributed by atoms with Gasteiger partial charge < -0.3 is 10.5 Å². The number of halogens is 3. The average molecular weight is 331 g/mol. The Labute approximate surface area is 133 Å². The number of ether oxygens (including phenoxy) is 1. The summed E-state index contributed by atoms with van der Waals surface area (Å²) in [4.78, 5) is 0. The van der Waals surface area contributed by atoms with Crippen molar-refractivity contribution in [2.75, 3.05) is 6.54 Å². The summed E-state index contributed by atoms with van der Waals surface area (Å²) in [6.07, 6.45) is 0.720. The molecule has 0 aliphatic carbocycles. The van der Waals surface area contributed by atoms with Crippen LogP contribution in [0.4, 0.5) is 0 Å². The third-order valence-electron chi connectivity index (χ3n) is 2.81. The Hall–Kier alpha value is -0.930. The van der Waals surface area contributed by atoms with Gasteiger partial charge in [-0.2, -0.15) is 0 Å². The molecule has 0 saturated carbocycles. The number of hydrogen-bond acceptors (Lipinski definition) is 2. The molecule has 5 heteroatoms. The highest BCUT2D eigenvalue weighted by Gasteiger charge is 2.06. The third kappa shape index (κ3) is 4.03. The molecule has 0 aliphatic heterocycles. The highest BCUT2D eigenvalue weighted by Crippen LogP contribution is 2.26. The van der Waals surface area contributed by atoms with Gasteiger partial charge in [0.2, 0.25) is 0 Å². The maximum absolute atomic E-state index is 5.98. The van der Waals surface area contributed by atoms with E-state index in [1.165, 1.54) is 0 Å². The second-order valence-corrected chi connectivity index (χ2v) is 5.58. The van der Waals surface area contributed by atoms with Crippen LogP contribution in [0.5, 0.6) is 5.75 Å². The van der Waals surface area contributed by atoms with Crippen LogP contribution in [-0.2, 0) is 13.0 Å². The van der Waals surface area contributed by atoms with E-state index in [4.69, 9.17) is 45.3 Å². The predicted octanol–water partition coefficient (Wildman–Crippen LogP) is 4.73. The molecule has 0 heterocycles. The van der Waals surface area contributed by atoms with E-state index in [-0.39, 0.29) is 0 Å². The summed E-state index contributed by atoms with van der Waals surface area (Å²) in [6.45, 7) is 0.958. The maximum Gasteiger partial charge on any atom is 0.123 e. The average Bonchev–Trinajstić information content (AvgIpc) is 2.42. The molecule has 106 valence electrons. The van der Waals surface area contributed by atoms with Crippen LogP contribution in [0.1, 0.15) is 11.1 Å². The summed E-state index contributed by atoms with van der Waals surface area (Å²) in [6, 6.07) is 11.0. The molecule has 0 radical (unpaired) electrons. The molecule has 2 nitrogen and oxygen atoms in total. The molecule has 0 bridgehead atoms. The molecule has 0 spiro atoms. The van der Waals surface area contributed by atoms with Crippen molar-refractivity contribution < 1.29 is 4.74 Å². The van der Waals surface area contributed by atoms with E-state index in [0.29, 0.717) is 28.2 Å². The monoisotopic (exact) mass is 329 g/mol. The summed E-state index contributed by atoms with van der Waals surface area (Å²) in [5.74, 6) is 0.783. The van der Waals surface area contributed by atoms with Gasteiger partial charge in [-0.3, -0.25) is 0 Å². The molecule has 0 amide bonds. The van der Waals surface area contributed by atoms with Crippen molar-refractivity contribution in [3.8, 4) is 5.75 Å². The summed E-state index contributed by atoms with van der Waals surface area (Å²) >= 11 is 17.8. The third-order valence-corrected chi connectivity index (χ3v) is 3.79. The van der Waals surface area contributed by atoms with Crippen molar-refractivity contribution in [3.63, 3.8) is 0 Å². The van der Waals surface area contributed by atoms with E-state index < -0.39 is 0 Å². The SMILES string of the molecule is NCCc1cc(Cl)ccc1OCc1ccc(Cl)c(Cl)c1. The van der Waals surface area contributed by atoms with Gasteiger partial charge in [0.25, 0.3) is 0 Å². The highest BCUT2D eigenvalue weighted by molar-refractivity contribution is 6.42. The van der Waals surface area contributed by atoms with E-state index in [2.05, 4.69) is 0 Å². The van der Waals surface area contributed by atoms with Gasteiger partial charge in [-0.05, 0) is 54.4 Å². The fraction of sp³-hybridized carbons (Fsp3) is 0.200. The van der Waals surface area contributed by atoms with Crippen molar-refractivity contribution >= 4 is 34.8 Å². The van der Waals surface area contributed by atoms with Crippen molar-refractivity contribution in [2.24, 2.45) is 5.73 Å². The van der Waals surface area contributed by atoms with Crippen molar-refractivity contribution in [2.45, 2.75) is 13.0 Å². The van der Waals surface area contributed by atoms with Gasteiger partial charge in [0.15, 0.2) is 0 Å². The van der Waals surface area contributed by atoms with Gasteiger partial charge in [-0.25, -0.2) is 0 Å². The second-order valence-electron chi connectivity index (χ2n) is 4.33. The Morgan fingerprint density at radius 2 is 1.75 bits per heavy atom. The molecule has 2 aromatic rings. The largest absolute Gasteiger partial charge is 0.489 e. The maximum atomic E-state index is 5.98. The topological polar surface area (TPSA) is 35.2 Å². The minimum absolute atomic E-state index is 0.413. The Morgan fingerprint density at radius 3 is 2.45 bits per heavy atom. The van der Waals surface area contributed by atoms with E-state index in [0.717, 1.165) is 23.3 Å². The van der Waals surface area contributed by atoms with Crippen LogP contribution in [0.2, 0.25) is 15.1 Å². The van der Waals surface area contributed by atoms with Crippen LogP contribution in [0, 0.1) is 0 Å². The van der Waals surface area contributed by atoms with Crippen LogP contribution in [-0.4, -0.2) is 6.54 Å². The summed E-state index contributed by atoms with van der Waals surface area (Å²) in [5, 5.41) is 1.73. The zero-order valence-electron chi connectivity index (χ0n) is 10.7. The Morgan fingerprint density at radius 1 is 0.950 bits per heavy atom. The number of rotatable bonds is 5. The van der Waals surface area contributed by atoms with Crippen LogP contribution < -0.4 is 10.5 Å². The lowest BCUT2D eigenvalue weighted by Crippen LogP contribution is -2.05. The molecule has 2 N–H and O–H groups in total. The predicted molar refractivity (Wildman–Crippen MR) is 85.0 cm³/mol. The first-order chi connectivity index (χ1) is 9.60. The Balaban J connectivity index is 2.11. The number of hydrogen-bond donors (Lipinski definition) is 1. The van der Waals surface area contributed by atoms with Crippen molar-refractivity contribution in [1.82, 2.24) is 0 Å². The zero-order valence-corrected chi connectivity index (χ0v) is 13.0. The number of benzene rings is 2. The molecular formula is C15H14Cl3NO. The molecule has 0 atom stereocenters. The first-order valence-corrected chi connectivity index (χ1v) is 7.29. The minimum Gasteiger partial charge on any atom is -0.489 e. The molecule has 2 rings (SSSR count). The summed E-state index contributed by atoms with van der Waals surface area (Å²) in [7, 11) is 0. The van der Waals surface area contributed by atoms with Gasteiger partial charge in [-0.15, -0.1) is 0 Å². The molecule has 0 unspecified atom stereocenters. The van der Waals surface area contributed by atoms with Gasteiger partial charge in [0, 0.05) is 5.02 Å². The summed E-state index contributed by atoms with van der Waals surface area (Å²) < 4.78 is 5.81. The van der Waals surface area contributed by atoms with Crippen LogP contribution >= 0.6 is 34.8 Å². The molecule has 0 saturated heterocycles. The quantitative estimate of drug-likeness (QED) is 0.860. The molecule has 20 heavy (non-hydrogen) atoms. The Kier molecular flexibility index (Phi) is 5.55. The Bertz CT molecular complexity index is 602. The van der Waals surface area contributed by atoms with Crippen LogP contribution in [0.25, 0.3) is 0 Å². The fourth-order valence-corrected chi connectivity index (χ4v) is 2.35. The first kappa shape index (κ1) is 15.5. The molecule has 2 aromatic carbocycles. The van der Waals surface area contributed by atoms with Crippen LogP contribution in [0.3, 0.4) is 0 Å². The minimum atomic E-state index is 0.413. The first-order valence-electron chi connectivity index (χ1n) is 6.15. The van der Waals surface area contributed by atoms with E-state index in [9.17, 15) is 0 Å². The van der Waals surface area contributed by atoms with Gasteiger partial charge in [-0.1, -0.05) is 40.9 Å². The van der Waals surface area contributed by atoms with E-state index >= 15 is 0 Å². The van der Waals surface area contributed by atoms with E-state index in [1.54, 1.807) is 18.2 Å². The zero-order chi connectivity index (χ0) is 14.5. The standard InChI is InChI=1S/C15H14Cl3NO/c16-12-2-4-15(11(8-12)5-6-19)20-9-10-1-3-13(17)14(18)7-10/h1-4,7-8H,5-6,9,19H2. The van der Waals surface area contributed by atoms with Gasteiger partial charge in [0.1, 0.15) is 12.4 Å². The van der Waals surface area contributed by atoms with Crippen molar-refractivity contribution in [3.05, 3.63) is 62.6 Å². The molecular weight excluding hydrogens is 317 g/mol. The normalized spacial score (nSPS) is 10.6. The molecule has 0 fully saturated rings. The van der Waals surface area contributed by atoms with E-state index in [1.807, 2.05) is 18.2 Å². The molecule has 0 aliphatic rings.